The third kappa shape index (κ3) is 8.90. The van der Waals surface area contributed by atoms with E-state index in [0.29, 0.717) is 19.4 Å². The first-order chi connectivity index (χ1) is 6.20. The fourth-order valence-electron chi connectivity index (χ4n) is 0.725. The number of ether oxygens (including phenoxy) is 1. The van der Waals surface area contributed by atoms with Crippen molar-refractivity contribution in [3.8, 4) is 0 Å². The van der Waals surface area contributed by atoms with E-state index in [0.717, 1.165) is 5.75 Å². The molecule has 0 saturated carbocycles. The monoisotopic (exact) mass is 226 g/mol. The zero-order valence-electron chi connectivity index (χ0n) is 8.10. The van der Waals surface area contributed by atoms with Gasteiger partial charge in [-0.15, -0.1) is 11.8 Å². The van der Waals surface area contributed by atoms with Crippen molar-refractivity contribution < 1.29 is 14.9 Å². The summed E-state index contributed by atoms with van der Waals surface area (Å²) in [4.78, 5) is 0. The average molecular weight is 226 g/mol. The maximum Gasteiger partial charge on any atom is 0.155 e. The van der Waals surface area contributed by atoms with Crippen LogP contribution >= 0.6 is 23.5 Å². The standard InChI is InChI=1S/C8H18O3S2/c1-12-6-4-7(9)11-5-3-8(10)13-2/h7-10H,3-6H2,1-2H3. The topological polar surface area (TPSA) is 49.7 Å². The molecule has 0 heterocycles. The highest BCUT2D eigenvalue weighted by atomic mass is 32.2. The molecule has 0 aromatic rings. The molecule has 5 heteroatoms. The van der Waals surface area contributed by atoms with Crippen molar-refractivity contribution in [2.75, 3.05) is 24.9 Å². The lowest BCUT2D eigenvalue weighted by molar-refractivity contribution is -0.102. The van der Waals surface area contributed by atoms with Gasteiger partial charge in [-0.25, -0.2) is 0 Å². The normalized spacial score (nSPS) is 15.7. The fraction of sp³-hybridized carbons (Fsp3) is 1.00. The minimum atomic E-state index is -0.679. The van der Waals surface area contributed by atoms with Crippen LogP contribution in [-0.2, 0) is 4.74 Å². The molecular weight excluding hydrogens is 208 g/mol. The highest BCUT2D eigenvalue weighted by Crippen LogP contribution is 2.08. The van der Waals surface area contributed by atoms with Gasteiger partial charge in [0, 0.05) is 12.8 Å². The van der Waals surface area contributed by atoms with Crippen LogP contribution in [0.1, 0.15) is 12.8 Å². The van der Waals surface area contributed by atoms with Gasteiger partial charge in [-0.3, -0.25) is 0 Å². The summed E-state index contributed by atoms with van der Waals surface area (Å²) in [6, 6.07) is 0. The van der Waals surface area contributed by atoms with E-state index in [2.05, 4.69) is 0 Å². The largest absolute Gasteiger partial charge is 0.382 e. The molecule has 0 saturated heterocycles. The molecule has 2 unspecified atom stereocenters. The van der Waals surface area contributed by atoms with Crippen molar-refractivity contribution in [1.29, 1.82) is 0 Å². The number of thioether (sulfide) groups is 2. The van der Waals surface area contributed by atoms with Gasteiger partial charge in [0.15, 0.2) is 6.29 Å². The summed E-state index contributed by atoms with van der Waals surface area (Å²) in [7, 11) is 0. The number of hydrogen-bond acceptors (Lipinski definition) is 5. The summed E-state index contributed by atoms with van der Waals surface area (Å²) < 4.78 is 5.09. The number of hydrogen-bond donors (Lipinski definition) is 2. The van der Waals surface area contributed by atoms with E-state index in [1.807, 2.05) is 12.5 Å². The Bertz CT molecular complexity index is 114. The molecule has 2 N–H and O–H groups in total. The van der Waals surface area contributed by atoms with Gasteiger partial charge in [0.1, 0.15) is 5.44 Å². The van der Waals surface area contributed by atoms with E-state index in [9.17, 15) is 5.11 Å². The summed E-state index contributed by atoms with van der Waals surface area (Å²) in [6.45, 7) is 0.414. The van der Waals surface area contributed by atoms with Crippen molar-refractivity contribution in [3.05, 3.63) is 0 Å². The van der Waals surface area contributed by atoms with Crippen LogP contribution in [0.2, 0.25) is 0 Å². The zero-order chi connectivity index (χ0) is 10.1. The molecule has 0 aliphatic rings. The Labute approximate surface area is 88.2 Å². The molecule has 0 aliphatic carbocycles. The molecule has 80 valence electrons. The first-order valence-electron chi connectivity index (χ1n) is 4.20. The molecule has 0 radical (unpaired) electrons. The van der Waals surface area contributed by atoms with E-state index in [4.69, 9.17) is 9.84 Å². The van der Waals surface area contributed by atoms with Gasteiger partial charge in [-0.05, 0) is 18.3 Å². The average Bonchev–Trinajstić information content (AvgIpc) is 2.14. The molecule has 0 bridgehead atoms. The first-order valence-corrected chi connectivity index (χ1v) is 6.88. The molecule has 0 amide bonds. The third-order valence-electron chi connectivity index (χ3n) is 1.52. The molecule has 0 spiro atoms. The molecule has 0 fully saturated rings. The van der Waals surface area contributed by atoms with Crippen molar-refractivity contribution in [1.82, 2.24) is 0 Å². The van der Waals surface area contributed by atoms with Crippen LogP contribution in [-0.4, -0.2) is 46.8 Å². The van der Waals surface area contributed by atoms with Crippen LogP contribution in [0.15, 0.2) is 0 Å². The highest BCUT2D eigenvalue weighted by Gasteiger charge is 2.05. The van der Waals surface area contributed by atoms with Gasteiger partial charge in [0.25, 0.3) is 0 Å². The van der Waals surface area contributed by atoms with Crippen LogP contribution in [0.25, 0.3) is 0 Å². The molecular formula is C8H18O3S2. The minimum Gasteiger partial charge on any atom is -0.382 e. The van der Waals surface area contributed by atoms with Gasteiger partial charge in [-0.2, -0.15) is 11.8 Å². The fourth-order valence-corrected chi connectivity index (χ4v) is 1.49. The molecule has 0 aromatic carbocycles. The Morgan fingerprint density at radius 1 is 1.23 bits per heavy atom. The van der Waals surface area contributed by atoms with Gasteiger partial charge in [-0.1, -0.05) is 0 Å². The lowest BCUT2D eigenvalue weighted by Gasteiger charge is -2.12. The predicted octanol–water partition coefficient (Wildman–Crippen LogP) is 1.15. The van der Waals surface area contributed by atoms with E-state index < -0.39 is 6.29 Å². The van der Waals surface area contributed by atoms with E-state index in [1.54, 1.807) is 11.8 Å². The Morgan fingerprint density at radius 2 is 1.92 bits per heavy atom. The molecule has 2 atom stereocenters. The highest BCUT2D eigenvalue weighted by molar-refractivity contribution is 7.99. The van der Waals surface area contributed by atoms with E-state index in [1.165, 1.54) is 11.8 Å². The van der Waals surface area contributed by atoms with Crippen LogP contribution in [0, 0.1) is 0 Å². The van der Waals surface area contributed by atoms with Crippen molar-refractivity contribution in [3.63, 3.8) is 0 Å². The lowest BCUT2D eigenvalue weighted by atomic mass is 10.4. The van der Waals surface area contributed by atoms with Gasteiger partial charge in [0.05, 0.1) is 6.61 Å². The van der Waals surface area contributed by atoms with E-state index >= 15 is 0 Å². The van der Waals surface area contributed by atoms with Gasteiger partial charge < -0.3 is 14.9 Å². The maximum atomic E-state index is 9.24. The Morgan fingerprint density at radius 3 is 2.46 bits per heavy atom. The number of aliphatic hydroxyl groups is 2. The van der Waals surface area contributed by atoms with Crippen molar-refractivity contribution in [2.24, 2.45) is 0 Å². The third-order valence-corrected chi connectivity index (χ3v) is 2.94. The number of rotatable bonds is 8. The summed E-state index contributed by atoms with van der Waals surface area (Å²) >= 11 is 3.06. The number of aliphatic hydroxyl groups excluding tert-OH is 2. The Kier molecular flexibility index (Phi) is 9.56. The second kappa shape index (κ2) is 9.15. The van der Waals surface area contributed by atoms with Crippen molar-refractivity contribution in [2.45, 2.75) is 24.6 Å². The van der Waals surface area contributed by atoms with Crippen LogP contribution in [0.5, 0.6) is 0 Å². The van der Waals surface area contributed by atoms with Crippen LogP contribution in [0.4, 0.5) is 0 Å². The SMILES string of the molecule is CSCCC(O)OCCC(O)SC. The summed E-state index contributed by atoms with van der Waals surface area (Å²) in [6.07, 6.45) is 4.37. The smallest absolute Gasteiger partial charge is 0.155 e. The molecule has 0 rings (SSSR count). The summed E-state index contributed by atoms with van der Waals surface area (Å²) in [5.74, 6) is 0.895. The quantitative estimate of drug-likeness (QED) is 0.608. The lowest BCUT2D eigenvalue weighted by Crippen LogP contribution is -2.16. The maximum absolute atomic E-state index is 9.24. The van der Waals surface area contributed by atoms with Gasteiger partial charge in [0.2, 0.25) is 0 Å². The molecule has 13 heavy (non-hydrogen) atoms. The first kappa shape index (κ1) is 13.6. The second-order valence-electron chi connectivity index (χ2n) is 2.59. The second-order valence-corrected chi connectivity index (χ2v) is 4.59. The molecule has 3 nitrogen and oxygen atoms in total. The predicted molar refractivity (Wildman–Crippen MR) is 59.1 cm³/mol. The van der Waals surface area contributed by atoms with E-state index in [-0.39, 0.29) is 5.44 Å². The Balaban J connectivity index is 3.21. The van der Waals surface area contributed by atoms with Crippen LogP contribution < -0.4 is 0 Å². The zero-order valence-corrected chi connectivity index (χ0v) is 9.74. The summed E-state index contributed by atoms with van der Waals surface area (Å²) in [5.41, 5.74) is -0.382. The van der Waals surface area contributed by atoms with Gasteiger partial charge >= 0.3 is 0 Å². The summed E-state index contributed by atoms with van der Waals surface area (Å²) in [5, 5.41) is 18.4. The molecule has 0 aliphatic heterocycles. The Hall–Kier alpha value is 0.580. The minimum absolute atomic E-state index is 0.382. The van der Waals surface area contributed by atoms with Crippen molar-refractivity contribution >= 4 is 23.5 Å². The van der Waals surface area contributed by atoms with Crippen LogP contribution in [0.3, 0.4) is 0 Å². The molecule has 0 aromatic heterocycles.